The van der Waals surface area contributed by atoms with Crippen LogP contribution in [0.5, 0.6) is 5.75 Å². The number of benzene rings is 1. The molecular weight excluding hydrogens is 280 g/mol. The van der Waals surface area contributed by atoms with Gasteiger partial charge in [-0.05, 0) is 25.5 Å². The second-order valence-corrected chi connectivity index (χ2v) is 4.72. The van der Waals surface area contributed by atoms with Crippen LogP contribution >= 0.6 is 0 Å². The number of hydrogen-bond donors (Lipinski definition) is 1. The van der Waals surface area contributed by atoms with Crippen LogP contribution in [0.1, 0.15) is 25.1 Å². The molecular formula is C17H22N2O3. The van der Waals surface area contributed by atoms with E-state index in [4.69, 9.17) is 9.47 Å². The van der Waals surface area contributed by atoms with Crippen molar-refractivity contribution >= 4 is 5.69 Å². The van der Waals surface area contributed by atoms with Gasteiger partial charge < -0.3 is 9.47 Å². The van der Waals surface area contributed by atoms with Crippen molar-refractivity contribution < 1.29 is 14.7 Å². The van der Waals surface area contributed by atoms with Crippen LogP contribution in [0.15, 0.2) is 42.6 Å². The molecule has 22 heavy (non-hydrogen) atoms. The number of ether oxygens (including phenoxy) is 2. The van der Waals surface area contributed by atoms with Gasteiger partial charge in [-0.15, -0.1) is 0 Å². The Kier molecular flexibility index (Phi) is 6.18. The van der Waals surface area contributed by atoms with E-state index in [-0.39, 0.29) is 0 Å². The summed E-state index contributed by atoms with van der Waals surface area (Å²) in [5, 5.41) is 11.6. The summed E-state index contributed by atoms with van der Waals surface area (Å²) in [5.74, 6) is 0.567. The zero-order valence-electron chi connectivity index (χ0n) is 13.0. The second kappa shape index (κ2) is 8.36. The van der Waals surface area contributed by atoms with E-state index in [0.29, 0.717) is 43.5 Å². The molecule has 5 heteroatoms. The summed E-state index contributed by atoms with van der Waals surface area (Å²) in [5.41, 5.74) is 2.29. The van der Waals surface area contributed by atoms with Gasteiger partial charge in [0.2, 0.25) is 0 Å². The lowest BCUT2D eigenvalue weighted by Crippen LogP contribution is -2.19. The Balaban J connectivity index is 2.24. The highest BCUT2D eigenvalue weighted by Gasteiger charge is 2.16. The Morgan fingerprint density at radius 1 is 1.09 bits per heavy atom. The maximum atomic E-state index is 10.4. The summed E-state index contributed by atoms with van der Waals surface area (Å²) in [4.78, 5) is 4.30. The van der Waals surface area contributed by atoms with Gasteiger partial charge in [0.25, 0.3) is 0 Å². The molecule has 0 bridgehead atoms. The summed E-state index contributed by atoms with van der Waals surface area (Å²) in [7, 11) is 0. The first-order valence-corrected chi connectivity index (χ1v) is 7.45. The molecule has 5 nitrogen and oxygen atoms in total. The van der Waals surface area contributed by atoms with Crippen LogP contribution in [-0.4, -0.2) is 23.4 Å². The average Bonchev–Trinajstić information content (AvgIpc) is 2.55. The van der Waals surface area contributed by atoms with Gasteiger partial charge in [0, 0.05) is 12.8 Å². The van der Waals surface area contributed by atoms with Crippen molar-refractivity contribution in [2.24, 2.45) is 0 Å². The minimum absolute atomic E-state index is 0.360. The van der Waals surface area contributed by atoms with Crippen LogP contribution < -0.4 is 9.80 Å². The van der Waals surface area contributed by atoms with Gasteiger partial charge in [-0.1, -0.05) is 30.3 Å². The van der Waals surface area contributed by atoms with Gasteiger partial charge in [-0.2, -0.15) is 0 Å². The molecule has 1 heterocycles. The van der Waals surface area contributed by atoms with Crippen LogP contribution in [0.2, 0.25) is 0 Å². The second-order valence-electron chi connectivity index (χ2n) is 4.72. The lowest BCUT2D eigenvalue weighted by Gasteiger charge is -2.21. The maximum absolute atomic E-state index is 10.4. The van der Waals surface area contributed by atoms with E-state index in [1.54, 1.807) is 12.3 Å². The summed E-state index contributed by atoms with van der Waals surface area (Å²) in [6.07, 6.45) is 1.65. The zero-order valence-corrected chi connectivity index (χ0v) is 13.0. The van der Waals surface area contributed by atoms with E-state index in [1.165, 1.54) is 5.06 Å². The molecule has 0 spiro atoms. The van der Waals surface area contributed by atoms with E-state index in [2.05, 4.69) is 4.98 Å². The first-order valence-electron chi connectivity index (χ1n) is 7.45. The van der Waals surface area contributed by atoms with Gasteiger partial charge in [0.1, 0.15) is 11.4 Å². The fourth-order valence-electron chi connectivity index (χ4n) is 2.13. The smallest absolute Gasteiger partial charge is 0.168 e. The van der Waals surface area contributed by atoms with Crippen molar-refractivity contribution in [3.63, 3.8) is 0 Å². The summed E-state index contributed by atoms with van der Waals surface area (Å²) in [6, 6.07) is 11.5. The number of nitrogens with zero attached hydrogens (tertiary/aromatic N) is 2. The Morgan fingerprint density at radius 3 is 2.55 bits per heavy atom. The van der Waals surface area contributed by atoms with Gasteiger partial charge in [0.05, 0.1) is 19.8 Å². The molecule has 1 aromatic carbocycles. The average molecular weight is 302 g/mol. The highest BCUT2D eigenvalue weighted by molar-refractivity contribution is 5.58. The van der Waals surface area contributed by atoms with Gasteiger partial charge in [-0.3, -0.25) is 10.2 Å². The number of rotatable bonds is 8. The standard InChI is InChI=1S/C17H22N2O3/c1-3-21-13-15-17(22-4-2)16(10-11-18-15)19(20)12-14-8-6-5-7-9-14/h5-11,20H,3-4,12-13H2,1-2H3. The number of hydrogen-bond acceptors (Lipinski definition) is 5. The molecule has 2 aromatic rings. The zero-order chi connectivity index (χ0) is 15.8. The molecule has 0 fully saturated rings. The third-order valence-electron chi connectivity index (χ3n) is 3.14. The molecule has 2 rings (SSSR count). The molecule has 1 aromatic heterocycles. The van der Waals surface area contributed by atoms with Crippen molar-refractivity contribution in [3.8, 4) is 5.75 Å². The normalized spacial score (nSPS) is 10.5. The van der Waals surface area contributed by atoms with E-state index in [1.807, 2.05) is 44.2 Å². The summed E-state index contributed by atoms with van der Waals surface area (Å²) < 4.78 is 11.1. The summed E-state index contributed by atoms with van der Waals surface area (Å²) >= 11 is 0. The molecule has 1 N–H and O–H groups in total. The molecule has 0 aliphatic rings. The van der Waals surface area contributed by atoms with Crippen molar-refractivity contribution in [3.05, 3.63) is 53.9 Å². The van der Waals surface area contributed by atoms with Gasteiger partial charge in [-0.25, -0.2) is 5.06 Å². The van der Waals surface area contributed by atoms with Crippen molar-refractivity contribution in [1.82, 2.24) is 4.98 Å². The third-order valence-corrected chi connectivity index (χ3v) is 3.14. The minimum Gasteiger partial charge on any atom is -0.490 e. The minimum atomic E-state index is 0.360. The van der Waals surface area contributed by atoms with Crippen molar-refractivity contribution in [1.29, 1.82) is 0 Å². The van der Waals surface area contributed by atoms with E-state index in [9.17, 15) is 5.21 Å². The number of pyridine rings is 1. The Labute approximate surface area is 131 Å². The highest BCUT2D eigenvalue weighted by atomic mass is 16.5. The quantitative estimate of drug-likeness (QED) is 0.757. The Morgan fingerprint density at radius 2 is 1.86 bits per heavy atom. The van der Waals surface area contributed by atoms with Crippen molar-refractivity contribution in [2.45, 2.75) is 27.0 Å². The summed E-state index contributed by atoms with van der Waals surface area (Å²) in [6.45, 7) is 5.66. The topological polar surface area (TPSA) is 54.8 Å². The Hall–Kier alpha value is -2.11. The SMILES string of the molecule is CCOCc1nccc(N(O)Cc2ccccc2)c1OCC. The molecule has 0 amide bonds. The lowest BCUT2D eigenvalue weighted by molar-refractivity contribution is 0.128. The number of hydroxylamine groups is 1. The molecule has 0 atom stereocenters. The van der Waals surface area contributed by atoms with Crippen LogP contribution in [0.3, 0.4) is 0 Å². The molecule has 0 saturated heterocycles. The van der Waals surface area contributed by atoms with Crippen LogP contribution in [0.25, 0.3) is 0 Å². The fraction of sp³-hybridized carbons (Fsp3) is 0.353. The molecule has 0 unspecified atom stereocenters. The molecule has 0 radical (unpaired) electrons. The van der Waals surface area contributed by atoms with Crippen LogP contribution in [0.4, 0.5) is 5.69 Å². The van der Waals surface area contributed by atoms with Crippen LogP contribution in [0, 0.1) is 0 Å². The van der Waals surface area contributed by atoms with E-state index < -0.39 is 0 Å². The van der Waals surface area contributed by atoms with Gasteiger partial charge in [0.15, 0.2) is 5.75 Å². The first kappa shape index (κ1) is 16.3. The van der Waals surface area contributed by atoms with Crippen LogP contribution in [-0.2, 0) is 17.9 Å². The lowest BCUT2D eigenvalue weighted by atomic mass is 10.2. The monoisotopic (exact) mass is 302 g/mol. The first-order chi connectivity index (χ1) is 10.8. The predicted octanol–water partition coefficient (Wildman–Crippen LogP) is 3.41. The molecule has 118 valence electrons. The molecule has 0 saturated carbocycles. The van der Waals surface area contributed by atoms with E-state index in [0.717, 1.165) is 5.56 Å². The predicted molar refractivity (Wildman–Crippen MR) is 85.1 cm³/mol. The largest absolute Gasteiger partial charge is 0.490 e. The number of anilines is 1. The van der Waals surface area contributed by atoms with E-state index >= 15 is 0 Å². The number of aromatic nitrogens is 1. The molecule has 0 aliphatic heterocycles. The van der Waals surface area contributed by atoms with Crippen molar-refractivity contribution in [2.75, 3.05) is 18.3 Å². The fourth-order valence-corrected chi connectivity index (χ4v) is 2.13. The maximum Gasteiger partial charge on any atom is 0.168 e. The van der Waals surface area contributed by atoms with Gasteiger partial charge >= 0.3 is 0 Å². The highest BCUT2D eigenvalue weighted by Crippen LogP contribution is 2.31. The third kappa shape index (κ3) is 4.19. The molecule has 0 aliphatic carbocycles. The Bertz CT molecular complexity index is 575.